The molecular formula is C12H11ClN2O5. The lowest BCUT2D eigenvalue weighted by Gasteiger charge is -2.40. The summed E-state index contributed by atoms with van der Waals surface area (Å²) in [5.41, 5.74) is -1.26. The lowest BCUT2D eigenvalue weighted by molar-refractivity contribution is -0.0917. The number of carbonyl (C=O) groups is 2. The van der Waals surface area contributed by atoms with E-state index in [1.807, 2.05) is 0 Å². The second kappa shape index (κ2) is 4.60. The maximum Gasteiger partial charge on any atom is 0.341 e. The van der Waals surface area contributed by atoms with Gasteiger partial charge >= 0.3 is 5.97 Å². The number of fused-ring (bicyclic) bond motifs is 2. The Hall–Kier alpha value is -1.86. The van der Waals surface area contributed by atoms with E-state index >= 15 is 0 Å². The van der Waals surface area contributed by atoms with Crippen LogP contribution in [0.3, 0.4) is 0 Å². The Morgan fingerprint density at radius 1 is 1.45 bits per heavy atom. The van der Waals surface area contributed by atoms with Crippen LogP contribution < -0.4 is 5.43 Å². The fraction of sp³-hybridized carbons (Fsp3) is 0.417. The maximum absolute atomic E-state index is 12.4. The Morgan fingerprint density at radius 2 is 2.20 bits per heavy atom. The molecule has 0 aliphatic carbocycles. The number of nitrogens with zero attached hydrogens (tertiary/aromatic N) is 2. The van der Waals surface area contributed by atoms with E-state index in [2.05, 4.69) is 0 Å². The zero-order chi connectivity index (χ0) is 14.4. The molecule has 0 spiro atoms. The Kier molecular flexibility index (Phi) is 3.02. The van der Waals surface area contributed by atoms with Crippen LogP contribution in [0.5, 0.6) is 0 Å². The smallest absolute Gasteiger partial charge is 0.341 e. The molecule has 0 aromatic carbocycles. The monoisotopic (exact) mass is 298 g/mol. The molecule has 0 saturated carbocycles. The lowest BCUT2D eigenvalue weighted by atomic mass is 10.1. The number of hydrogen-bond donors (Lipinski definition) is 1. The van der Waals surface area contributed by atoms with E-state index in [1.54, 1.807) is 0 Å². The third-order valence-corrected chi connectivity index (χ3v) is 3.82. The quantitative estimate of drug-likeness (QED) is 0.811. The van der Waals surface area contributed by atoms with Crippen LogP contribution >= 0.6 is 11.6 Å². The molecular weight excluding hydrogens is 288 g/mol. The molecule has 3 rings (SSSR count). The Labute approximate surface area is 118 Å². The van der Waals surface area contributed by atoms with Gasteiger partial charge in [-0.3, -0.25) is 9.59 Å². The Bertz CT molecular complexity index is 669. The summed E-state index contributed by atoms with van der Waals surface area (Å²) in [5.74, 6) is -1.77. The van der Waals surface area contributed by atoms with E-state index in [1.165, 1.54) is 9.47 Å². The molecule has 1 atom stereocenters. The van der Waals surface area contributed by atoms with Crippen molar-refractivity contribution in [2.45, 2.75) is 19.2 Å². The van der Waals surface area contributed by atoms with Gasteiger partial charge in [0.1, 0.15) is 16.3 Å². The summed E-state index contributed by atoms with van der Waals surface area (Å²) in [6, 6.07) is 0. The topological polar surface area (TPSA) is 88.8 Å². The van der Waals surface area contributed by atoms with E-state index < -0.39 is 29.1 Å². The van der Waals surface area contributed by atoms with Gasteiger partial charge in [0.2, 0.25) is 5.43 Å². The number of carbonyl (C=O) groups excluding carboxylic acids is 1. The maximum atomic E-state index is 12.4. The summed E-state index contributed by atoms with van der Waals surface area (Å²) in [5, 5.41) is 8.64. The first-order valence-corrected chi connectivity index (χ1v) is 6.47. The second-order valence-electron chi connectivity index (χ2n) is 4.67. The average Bonchev–Trinajstić information content (AvgIpc) is 2.42. The van der Waals surface area contributed by atoms with Gasteiger partial charge in [0.05, 0.1) is 13.2 Å². The molecule has 1 aromatic rings. The van der Waals surface area contributed by atoms with E-state index in [0.29, 0.717) is 13.2 Å². The average molecular weight is 299 g/mol. The molecule has 1 amide bonds. The number of carboxylic acids is 1. The Balaban J connectivity index is 2.18. The molecule has 1 N–H and O–H groups in total. The molecule has 2 aliphatic heterocycles. The predicted octanol–water partition coefficient (Wildman–Crippen LogP) is 0.402. The standard InChI is InChI=1S/C12H11ClN2O5/c13-8-9-11(17)15-2-1-3-20-7(15)5-14(9)4-6(10(8)16)12(18)19/h4,7H,1-3,5H2,(H,18,19). The molecule has 1 fully saturated rings. The van der Waals surface area contributed by atoms with Crippen molar-refractivity contribution in [1.29, 1.82) is 0 Å². The summed E-state index contributed by atoms with van der Waals surface area (Å²) < 4.78 is 6.89. The molecule has 20 heavy (non-hydrogen) atoms. The fourth-order valence-corrected chi connectivity index (χ4v) is 2.81. The van der Waals surface area contributed by atoms with Crippen molar-refractivity contribution in [3.63, 3.8) is 0 Å². The van der Waals surface area contributed by atoms with Gasteiger partial charge < -0.3 is 19.3 Å². The van der Waals surface area contributed by atoms with Crippen molar-refractivity contribution in [3.8, 4) is 0 Å². The van der Waals surface area contributed by atoms with Crippen LogP contribution in [0.1, 0.15) is 27.3 Å². The molecule has 7 nitrogen and oxygen atoms in total. The summed E-state index contributed by atoms with van der Waals surface area (Å²) >= 11 is 5.90. The lowest BCUT2D eigenvalue weighted by Crippen LogP contribution is -2.53. The van der Waals surface area contributed by atoms with Crippen LogP contribution in [0.25, 0.3) is 0 Å². The van der Waals surface area contributed by atoms with Gasteiger partial charge in [-0.1, -0.05) is 11.6 Å². The molecule has 106 valence electrons. The summed E-state index contributed by atoms with van der Waals surface area (Å²) in [6.45, 7) is 1.35. The first-order chi connectivity index (χ1) is 9.50. The van der Waals surface area contributed by atoms with Gasteiger partial charge in [-0.15, -0.1) is 0 Å². The number of halogens is 1. The third-order valence-electron chi connectivity index (χ3n) is 3.47. The SMILES string of the molecule is O=C(O)c1cn2c(c(Cl)c1=O)C(=O)N1CCCOC1C2. The Morgan fingerprint density at radius 3 is 2.90 bits per heavy atom. The van der Waals surface area contributed by atoms with Gasteiger partial charge in [-0.2, -0.15) is 0 Å². The molecule has 2 aliphatic rings. The van der Waals surface area contributed by atoms with Crippen LogP contribution in [-0.4, -0.2) is 45.8 Å². The minimum atomic E-state index is -1.37. The molecule has 1 unspecified atom stereocenters. The molecule has 1 saturated heterocycles. The first kappa shape index (κ1) is 13.1. The van der Waals surface area contributed by atoms with Crippen molar-refractivity contribution in [3.05, 3.63) is 32.7 Å². The van der Waals surface area contributed by atoms with E-state index in [9.17, 15) is 14.4 Å². The van der Waals surface area contributed by atoms with Crippen molar-refractivity contribution in [2.75, 3.05) is 13.2 Å². The third kappa shape index (κ3) is 1.82. The van der Waals surface area contributed by atoms with E-state index in [4.69, 9.17) is 21.4 Å². The van der Waals surface area contributed by atoms with Crippen LogP contribution in [0.4, 0.5) is 0 Å². The number of rotatable bonds is 1. The molecule has 3 heterocycles. The molecule has 0 radical (unpaired) electrons. The summed E-state index contributed by atoms with van der Waals surface area (Å²) in [4.78, 5) is 36.8. The second-order valence-corrected chi connectivity index (χ2v) is 5.05. The number of amides is 1. The minimum absolute atomic E-state index is 0.0309. The van der Waals surface area contributed by atoms with Crippen LogP contribution in [-0.2, 0) is 11.3 Å². The van der Waals surface area contributed by atoms with E-state index in [0.717, 1.165) is 12.6 Å². The van der Waals surface area contributed by atoms with Gasteiger partial charge in [0.25, 0.3) is 5.91 Å². The highest BCUT2D eigenvalue weighted by Crippen LogP contribution is 2.25. The number of hydrogen-bond acceptors (Lipinski definition) is 4. The van der Waals surface area contributed by atoms with E-state index in [-0.39, 0.29) is 17.3 Å². The molecule has 1 aromatic heterocycles. The number of ether oxygens (including phenoxy) is 1. The van der Waals surface area contributed by atoms with Crippen molar-refractivity contribution in [1.82, 2.24) is 9.47 Å². The van der Waals surface area contributed by atoms with Gasteiger partial charge in [0, 0.05) is 12.7 Å². The number of carboxylic acid groups (broad SMARTS) is 1. The highest BCUT2D eigenvalue weighted by Gasteiger charge is 2.37. The number of pyridine rings is 1. The van der Waals surface area contributed by atoms with Gasteiger partial charge in [0.15, 0.2) is 6.23 Å². The predicted molar refractivity (Wildman–Crippen MR) is 68.1 cm³/mol. The number of aromatic carboxylic acids is 1. The molecule has 0 bridgehead atoms. The molecule has 8 heteroatoms. The zero-order valence-corrected chi connectivity index (χ0v) is 11.1. The highest BCUT2D eigenvalue weighted by molar-refractivity contribution is 6.33. The summed E-state index contributed by atoms with van der Waals surface area (Å²) in [7, 11) is 0. The van der Waals surface area contributed by atoms with Crippen molar-refractivity contribution in [2.24, 2.45) is 0 Å². The first-order valence-electron chi connectivity index (χ1n) is 6.09. The van der Waals surface area contributed by atoms with Gasteiger partial charge in [-0.05, 0) is 6.42 Å². The largest absolute Gasteiger partial charge is 0.477 e. The zero-order valence-electron chi connectivity index (χ0n) is 10.3. The van der Waals surface area contributed by atoms with Crippen LogP contribution in [0, 0.1) is 0 Å². The normalized spacial score (nSPS) is 21.4. The van der Waals surface area contributed by atoms with Crippen molar-refractivity contribution < 1.29 is 19.4 Å². The van der Waals surface area contributed by atoms with Crippen molar-refractivity contribution >= 4 is 23.5 Å². The number of aromatic nitrogens is 1. The van der Waals surface area contributed by atoms with Crippen LogP contribution in [0.15, 0.2) is 11.0 Å². The minimum Gasteiger partial charge on any atom is -0.477 e. The summed E-state index contributed by atoms with van der Waals surface area (Å²) in [6.07, 6.45) is 1.43. The highest BCUT2D eigenvalue weighted by atomic mass is 35.5. The van der Waals surface area contributed by atoms with Gasteiger partial charge in [-0.25, -0.2) is 4.79 Å². The fourth-order valence-electron chi connectivity index (χ4n) is 2.52. The van der Waals surface area contributed by atoms with Crippen LogP contribution in [0.2, 0.25) is 5.02 Å².